The molecule has 2 heterocycles. The molecule has 5 aromatic rings. The van der Waals surface area contributed by atoms with Crippen LogP contribution in [-0.2, 0) is 0 Å². The number of benzene rings is 5. The molecule has 1 unspecified atom stereocenters. The van der Waals surface area contributed by atoms with Gasteiger partial charge in [-0.3, -0.25) is 0 Å². The van der Waals surface area contributed by atoms with Crippen LogP contribution in [0.2, 0.25) is 0 Å². The zero-order chi connectivity index (χ0) is 26.0. The van der Waals surface area contributed by atoms with Crippen molar-refractivity contribution in [2.45, 2.75) is 12.8 Å². The molecule has 2 aliphatic heterocycles. The Morgan fingerprint density at radius 3 is 2.26 bits per heavy atom. The van der Waals surface area contributed by atoms with E-state index in [0.717, 1.165) is 12.8 Å². The van der Waals surface area contributed by atoms with Gasteiger partial charge in [0.2, 0.25) is 0 Å². The van der Waals surface area contributed by atoms with Crippen LogP contribution in [0.3, 0.4) is 0 Å². The van der Waals surface area contributed by atoms with Gasteiger partial charge < -0.3 is 4.90 Å². The summed E-state index contributed by atoms with van der Waals surface area (Å²) in [4.78, 5) is 2.51. The van der Waals surface area contributed by atoms with Crippen molar-refractivity contribution in [1.29, 1.82) is 0 Å². The summed E-state index contributed by atoms with van der Waals surface area (Å²) in [5.41, 5.74) is 9.19. The van der Waals surface area contributed by atoms with E-state index in [0.29, 0.717) is 0 Å². The van der Waals surface area contributed by atoms with Crippen LogP contribution in [0, 0.1) is 0 Å². The Hall–Kier alpha value is -4.32. The highest BCUT2D eigenvalue weighted by molar-refractivity contribution is 7.96. The Kier molecular flexibility index (Phi) is 4.99. The van der Waals surface area contributed by atoms with E-state index in [1.807, 2.05) is 0 Å². The Morgan fingerprint density at radius 1 is 0.667 bits per heavy atom. The Balaban J connectivity index is 1.51. The average Bonchev–Trinajstić information content (AvgIpc) is 3.19. The van der Waals surface area contributed by atoms with Crippen LogP contribution in [-0.4, -0.2) is 6.30 Å². The predicted octanol–water partition coefficient (Wildman–Crippen LogP) is 8.88. The quantitative estimate of drug-likeness (QED) is 0.211. The number of para-hydroxylation sites is 2. The maximum Gasteiger partial charge on any atom is 0.0537 e. The molecule has 0 N–H and O–H groups in total. The van der Waals surface area contributed by atoms with Crippen molar-refractivity contribution in [2.75, 3.05) is 4.90 Å². The molecule has 186 valence electrons. The third-order valence-corrected chi connectivity index (χ3v) is 12.1. The fourth-order valence-corrected chi connectivity index (χ4v) is 10.4. The zero-order valence-corrected chi connectivity index (χ0v) is 22.6. The topological polar surface area (TPSA) is 3.24 Å². The van der Waals surface area contributed by atoms with Crippen molar-refractivity contribution in [3.8, 4) is 0 Å². The van der Waals surface area contributed by atoms with Crippen LogP contribution >= 0.6 is 6.89 Å². The number of hydrogen-bond donors (Lipinski definition) is 0. The van der Waals surface area contributed by atoms with Crippen molar-refractivity contribution >= 4 is 56.8 Å². The fourth-order valence-electron chi connectivity index (χ4n) is 6.75. The van der Waals surface area contributed by atoms with Crippen molar-refractivity contribution < 1.29 is 0 Å². The molecule has 39 heavy (non-hydrogen) atoms. The van der Waals surface area contributed by atoms with Gasteiger partial charge in [-0.25, -0.2) is 0 Å². The van der Waals surface area contributed by atoms with E-state index in [1.165, 1.54) is 66.0 Å². The van der Waals surface area contributed by atoms with Crippen molar-refractivity contribution in [2.24, 2.45) is 0 Å². The predicted molar refractivity (Wildman–Crippen MR) is 171 cm³/mol. The number of hydrogen-bond acceptors (Lipinski definition) is 1. The van der Waals surface area contributed by atoms with Gasteiger partial charge in [0, 0.05) is 33.4 Å². The molecule has 0 radical (unpaired) electrons. The summed E-state index contributed by atoms with van der Waals surface area (Å²) in [6, 6.07) is 44.6. The SMILES string of the molecule is C=P1(c2ccc3ccccc3c2)C2=C(C3=C(CCC=C3)N(c3ccccc3)c3ccccc32)c2ccccc21. The van der Waals surface area contributed by atoms with E-state index in [1.54, 1.807) is 0 Å². The molecule has 0 saturated heterocycles. The Bertz CT molecular complexity index is 1940. The molecule has 8 rings (SSSR count). The molecular formula is C37H28NP. The number of rotatable bonds is 2. The van der Waals surface area contributed by atoms with Gasteiger partial charge in [0.15, 0.2) is 0 Å². The van der Waals surface area contributed by atoms with Crippen molar-refractivity contribution in [3.63, 3.8) is 0 Å². The minimum Gasteiger partial charge on any atom is -0.313 e. The van der Waals surface area contributed by atoms with Gasteiger partial charge in [-0.2, -0.15) is 0 Å². The van der Waals surface area contributed by atoms with Crippen LogP contribution in [0.5, 0.6) is 0 Å². The smallest absolute Gasteiger partial charge is 0.0537 e. The highest BCUT2D eigenvalue weighted by Gasteiger charge is 2.42. The first-order chi connectivity index (χ1) is 19.2. The van der Waals surface area contributed by atoms with Crippen molar-refractivity contribution in [1.82, 2.24) is 0 Å². The number of fused-ring (bicyclic) bond motifs is 6. The summed E-state index contributed by atoms with van der Waals surface area (Å²) < 4.78 is 0. The highest BCUT2D eigenvalue weighted by Crippen LogP contribution is 2.68. The second-order valence-electron chi connectivity index (χ2n) is 10.6. The summed E-state index contributed by atoms with van der Waals surface area (Å²) in [6.45, 7) is -2.20. The normalized spacial score (nSPS) is 19.4. The molecule has 1 atom stereocenters. The molecule has 0 amide bonds. The maximum atomic E-state index is 5.24. The summed E-state index contributed by atoms with van der Waals surface area (Å²) in [7, 11) is 0. The molecule has 5 aromatic carbocycles. The van der Waals surface area contributed by atoms with E-state index in [9.17, 15) is 0 Å². The third kappa shape index (κ3) is 3.21. The van der Waals surface area contributed by atoms with Gasteiger partial charge in [0.05, 0.1) is 5.69 Å². The zero-order valence-electron chi connectivity index (χ0n) is 21.7. The minimum absolute atomic E-state index is 1.01. The summed E-state index contributed by atoms with van der Waals surface area (Å²) in [5.74, 6) is 0. The van der Waals surface area contributed by atoms with Crippen molar-refractivity contribution in [3.05, 3.63) is 156 Å². The highest BCUT2D eigenvalue weighted by atomic mass is 31.2. The van der Waals surface area contributed by atoms with Crippen LogP contribution in [0.15, 0.2) is 145 Å². The molecule has 3 aliphatic rings. The standard InChI is InChI=1S/C37H28NP/c1-39(29-24-23-26-13-5-6-14-27(26)25-29)35-22-12-9-19-32(35)36-30-17-7-10-20-33(30)38(28-15-3-2-4-16-28)34-21-11-8-18-31(34)37(36)39/h2-9,11-19,21-25H,1,10,20H2. The first kappa shape index (κ1) is 22.6. The Morgan fingerprint density at radius 2 is 1.38 bits per heavy atom. The molecule has 1 aliphatic carbocycles. The second kappa shape index (κ2) is 8.60. The number of anilines is 2. The molecule has 2 heteroatoms. The minimum atomic E-state index is -2.20. The number of nitrogens with zero attached hydrogens (tertiary/aromatic N) is 1. The first-order valence-electron chi connectivity index (χ1n) is 13.7. The van der Waals surface area contributed by atoms with Crippen LogP contribution in [0.4, 0.5) is 11.4 Å². The number of allylic oxidation sites excluding steroid dienone is 5. The van der Waals surface area contributed by atoms with Crippen LogP contribution in [0.1, 0.15) is 24.0 Å². The van der Waals surface area contributed by atoms with E-state index in [2.05, 4.69) is 138 Å². The van der Waals surface area contributed by atoms with Gasteiger partial charge in [-0.1, -0.05) is 116 Å². The third-order valence-electron chi connectivity index (χ3n) is 8.47. The van der Waals surface area contributed by atoms with Gasteiger partial charge in [0.1, 0.15) is 0 Å². The van der Waals surface area contributed by atoms with Crippen LogP contribution < -0.4 is 15.5 Å². The summed E-state index contributed by atoms with van der Waals surface area (Å²) in [5, 5.41) is 6.68. The molecular weight excluding hydrogens is 489 g/mol. The average molecular weight is 518 g/mol. The van der Waals surface area contributed by atoms with Gasteiger partial charge in [0.25, 0.3) is 0 Å². The van der Waals surface area contributed by atoms with E-state index < -0.39 is 6.89 Å². The molecule has 0 bridgehead atoms. The van der Waals surface area contributed by atoms with Gasteiger partial charge >= 0.3 is 0 Å². The fraction of sp³-hybridized carbons (Fsp3) is 0.0541. The Labute approximate surface area is 230 Å². The first-order valence-corrected chi connectivity index (χ1v) is 15.6. The molecule has 0 spiro atoms. The lowest BCUT2D eigenvalue weighted by atomic mass is 9.91. The van der Waals surface area contributed by atoms with Gasteiger partial charge in [-0.15, -0.1) is 0 Å². The monoisotopic (exact) mass is 517 g/mol. The molecule has 0 aromatic heterocycles. The maximum absolute atomic E-state index is 5.24. The van der Waals surface area contributed by atoms with Crippen LogP contribution in [0.25, 0.3) is 21.7 Å². The summed E-state index contributed by atoms with van der Waals surface area (Å²) >= 11 is 0. The van der Waals surface area contributed by atoms with Gasteiger partial charge in [-0.05, 0) is 70.9 Å². The van der Waals surface area contributed by atoms with E-state index in [-0.39, 0.29) is 0 Å². The molecule has 0 saturated carbocycles. The molecule has 0 fully saturated rings. The summed E-state index contributed by atoms with van der Waals surface area (Å²) in [6.07, 6.45) is 12.0. The lowest BCUT2D eigenvalue weighted by Gasteiger charge is -2.32. The van der Waals surface area contributed by atoms with E-state index in [4.69, 9.17) is 6.30 Å². The lowest BCUT2D eigenvalue weighted by Crippen LogP contribution is -2.21. The largest absolute Gasteiger partial charge is 0.313 e. The lowest BCUT2D eigenvalue weighted by molar-refractivity contribution is 0.908. The van der Waals surface area contributed by atoms with E-state index >= 15 is 0 Å². The second-order valence-corrected chi connectivity index (χ2v) is 13.6. The molecule has 1 nitrogen and oxygen atoms in total.